The van der Waals surface area contributed by atoms with E-state index in [-0.39, 0.29) is 18.6 Å². The third-order valence-corrected chi connectivity index (χ3v) is 2.68. The highest BCUT2D eigenvalue weighted by Crippen LogP contribution is 2.08. The lowest BCUT2D eigenvalue weighted by molar-refractivity contribution is -0.122. The van der Waals surface area contributed by atoms with E-state index in [1.165, 1.54) is 11.1 Å². The molecule has 1 aromatic rings. The van der Waals surface area contributed by atoms with Crippen molar-refractivity contribution in [3.63, 3.8) is 0 Å². The van der Waals surface area contributed by atoms with E-state index in [1.54, 1.807) is 0 Å². The topological polar surface area (TPSA) is 115 Å². The first-order valence-corrected chi connectivity index (χ1v) is 6.53. The molecule has 0 aliphatic carbocycles. The van der Waals surface area contributed by atoms with Crippen molar-refractivity contribution in [3.05, 3.63) is 47.2 Å². The van der Waals surface area contributed by atoms with Gasteiger partial charge in [0.2, 0.25) is 0 Å². The molecule has 0 heterocycles. The molecular weight excluding hydrogens is 254 g/mol. The van der Waals surface area contributed by atoms with Gasteiger partial charge in [-0.15, -0.1) is 0 Å². The van der Waals surface area contributed by atoms with Crippen molar-refractivity contribution in [2.24, 2.45) is 17.2 Å². The molecule has 0 aliphatic heterocycles. The molecule has 0 bridgehead atoms. The average Bonchev–Trinajstić information content (AvgIpc) is 2.37. The highest BCUT2D eigenvalue weighted by atomic mass is 16.3. The molecule has 20 heavy (non-hydrogen) atoms. The van der Waals surface area contributed by atoms with Gasteiger partial charge in [-0.3, -0.25) is 4.79 Å². The van der Waals surface area contributed by atoms with Gasteiger partial charge in [-0.1, -0.05) is 30.3 Å². The monoisotopic (exact) mass is 279 g/mol. The van der Waals surface area contributed by atoms with Crippen LogP contribution >= 0.6 is 0 Å². The molecule has 0 aromatic heterocycles. The summed E-state index contributed by atoms with van der Waals surface area (Å²) in [6.07, 6.45) is 3.72. The molecule has 5 heteroatoms. The highest BCUT2D eigenvalue weighted by Gasteiger charge is 1.99. The van der Waals surface area contributed by atoms with Gasteiger partial charge >= 0.3 is 0 Å². The van der Waals surface area contributed by atoms with Crippen molar-refractivity contribution in [3.8, 4) is 0 Å². The van der Waals surface area contributed by atoms with Crippen molar-refractivity contribution >= 4 is 6.47 Å². The van der Waals surface area contributed by atoms with E-state index >= 15 is 0 Å². The van der Waals surface area contributed by atoms with Gasteiger partial charge in [-0.25, -0.2) is 0 Å². The van der Waals surface area contributed by atoms with Gasteiger partial charge < -0.3 is 22.3 Å². The molecule has 0 aliphatic rings. The Hall–Kier alpha value is -1.85. The van der Waals surface area contributed by atoms with Gasteiger partial charge in [-0.2, -0.15) is 0 Å². The first kappa shape index (κ1) is 18.1. The van der Waals surface area contributed by atoms with Crippen LogP contribution in [0.5, 0.6) is 0 Å². The molecule has 2 atom stereocenters. The van der Waals surface area contributed by atoms with Crippen LogP contribution in [0.4, 0.5) is 0 Å². The zero-order chi connectivity index (χ0) is 15.5. The van der Waals surface area contributed by atoms with Crippen molar-refractivity contribution < 1.29 is 9.90 Å². The maximum absolute atomic E-state index is 8.36. The number of nitrogens with two attached hydrogens (primary N) is 3. The van der Waals surface area contributed by atoms with E-state index in [4.69, 9.17) is 27.1 Å². The Kier molecular flexibility index (Phi) is 9.07. The molecule has 0 radical (unpaired) electrons. The number of rotatable bonds is 5. The molecule has 0 saturated heterocycles. The maximum Gasteiger partial charge on any atom is 0.290 e. The Morgan fingerprint density at radius 2 is 1.65 bits per heavy atom. The van der Waals surface area contributed by atoms with Gasteiger partial charge in [0, 0.05) is 17.8 Å². The predicted molar refractivity (Wildman–Crippen MR) is 82.1 cm³/mol. The smallest absolute Gasteiger partial charge is 0.290 e. The number of allylic oxidation sites excluding steroid dienone is 1. The molecule has 0 saturated carbocycles. The molecule has 1 rings (SSSR count). The Morgan fingerprint density at radius 3 is 2.05 bits per heavy atom. The summed E-state index contributed by atoms with van der Waals surface area (Å²) >= 11 is 0. The number of hydrogen-bond donors (Lipinski definition) is 4. The minimum Gasteiger partial charge on any atom is -0.483 e. The Morgan fingerprint density at radius 1 is 1.20 bits per heavy atom. The lowest BCUT2D eigenvalue weighted by Gasteiger charge is -2.07. The van der Waals surface area contributed by atoms with Crippen LogP contribution < -0.4 is 17.2 Å². The average molecular weight is 279 g/mol. The summed E-state index contributed by atoms with van der Waals surface area (Å²) in [5.41, 5.74) is 20.5. The van der Waals surface area contributed by atoms with E-state index in [2.05, 4.69) is 24.3 Å². The van der Waals surface area contributed by atoms with Crippen LogP contribution in [0.25, 0.3) is 0 Å². The van der Waals surface area contributed by atoms with Crippen molar-refractivity contribution in [1.82, 2.24) is 0 Å². The van der Waals surface area contributed by atoms with Crippen molar-refractivity contribution in [2.75, 3.05) is 0 Å². The zero-order valence-corrected chi connectivity index (χ0v) is 12.1. The molecular formula is C15H25N3O2. The zero-order valence-electron chi connectivity index (χ0n) is 12.1. The molecule has 0 fully saturated rings. The first-order valence-electron chi connectivity index (χ1n) is 6.53. The van der Waals surface area contributed by atoms with Crippen LogP contribution in [0.2, 0.25) is 0 Å². The van der Waals surface area contributed by atoms with Crippen LogP contribution in [0.15, 0.2) is 36.0 Å². The second-order valence-corrected chi connectivity index (χ2v) is 4.80. The summed E-state index contributed by atoms with van der Waals surface area (Å²) in [7, 11) is 0. The summed E-state index contributed by atoms with van der Waals surface area (Å²) < 4.78 is 0. The molecule has 0 amide bonds. The maximum atomic E-state index is 8.36. The van der Waals surface area contributed by atoms with Crippen LogP contribution in [0.3, 0.4) is 0 Å². The molecule has 112 valence electrons. The molecule has 0 spiro atoms. The fourth-order valence-corrected chi connectivity index (χ4v) is 1.60. The van der Waals surface area contributed by atoms with Crippen LogP contribution in [0.1, 0.15) is 25.0 Å². The minimum atomic E-state index is -0.250. The summed E-state index contributed by atoms with van der Waals surface area (Å²) in [6, 6.07) is 8.59. The summed E-state index contributed by atoms with van der Waals surface area (Å²) in [5, 5.41) is 6.89. The van der Waals surface area contributed by atoms with Gasteiger partial charge in [0.25, 0.3) is 6.47 Å². The van der Waals surface area contributed by atoms with Gasteiger partial charge in [0.15, 0.2) is 0 Å². The number of carbonyl (C=O) groups is 1. The van der Waals surface area contributed by atoms with Crippen molar-refractivity contribution in [1.29, 1.82) is 0 Å². The predicted octanol–water partition coefficient (Wildman–Crippen LogP) is 1.01. The Labute approximate surface area is 120 Å². The molecule has 2 unspecified atom stereocenters. The Balaban J connectivity index is 0.00000110. The molecule has 7 N–H and O–H groups in total. The fourth-order valence-electron chi connectivity index (χ4n) is 1.60. The second-order valence-electron chi connectivity index (χ2n) is 4.80. The van der Waals surface area contributed by atoms with E-state index in [0.29, 0.717) is 0 Å². The Bertz CT molecular complexity index is 412. The fraction of sp³-hybridized carbons (Fsp3) is 0.400. The van der Waals surface area contributed by atoms with Crippen molar-refractivity contribution in [2.45, 2.75) is 38.8 Å². The number of benzene rings is 1. The van der Waals surface area contributed by atoms with Crippen LogP contribution in [-0.2, 0) is 17.6 Å². The number of hydrogen-bond acceptors (Lipinski definition) is 4. The van der Waals surface area contributed by atoms with E-state index < -0.39 is 0 Å². The second kappa shape index (κ2) is 10.00. The van der Waals surface area contributed by atoms with E-state index in [1.807, 2.05) is 19.9 Å². The van der Waals surface area contributed by atoms with E-state index in [9.17, 15) is 0 Å². The summed E-state index contributed by atoms with van der Waals surface area (Å²) in [4.78, 5) is 8.36. The van der Waals surface area contributed by atoms with Gasteiger partial charge in [-0.05, 0) is 37.8 Å². The SMILES string of the molecule is CC(N)Cc1ccc(C/C=C(\N)C(C)N)cc1.O=CO. The number of carboxylic acid groups (broad SMARTS) is 1. The quantitative estimate of drug-likeness (QED) is 0.600. The normalized spacial score (nSPS) is 13.9. The van der Waals surface area contributed by atoms with Gasteiger partial charge in [0.1, 0.15) is 0 Å². The minimum absolute atomic E-state index is 0.0765. The lowest BCUT2D eigenvalue weighted by Crippen LogP contribution is -2.23. The third-order valence-electron chi connectivity index (χ3n) is 2.68. The lowest BCUT2D eigenvalue weighted by atomic mass is 10.0. The van der Waals surface area contributed by atoms with Crippen LogP contribution in [0, 0.1) is 0 Å². The highest BCUT2D eigenvalue weighted by molar-refractivity contribution is 5.32. The largest absolute Gasteiger partial charge is 0.483 e. The summed E-state index contributed by atoms with van der Waals surface area (Å²) in [5.74, 6) is 0. The summed E-state index contributed by atoms with van der Waals surface area (Å²) in [6.45, 7) is 3.65. The van der Waals surface area contributed by atoms with Gasteiger partial charge in [0.05, 0.1) is 0 Å². The van der Waals surface area contributed by atoms with E-state index in [0.717, 1.165) is 18.5 Å². The van der Waals surface area contributed by atoms with Crippen LogP contribution in [-0.4, -0.2) is 23.7 Å². The molecule has 1 aromatic carbocycles. The molecule has 5 nitrogen and oxygen atoms in total. The first-order chi connectivity index (χ1) is 9.40. The standard InChI is InChI=1S/C14H23N3.CH2O2/c1-10(15)9-13-5-3-12(4-6-13)7-8-14(17)11(2)16;2-1-3/h3-6,8,10-11H,7,9,15-17H2,1-2H3;1H,(H,2,3)/b14-8-;. The third kappa shape index (κ3) is 8.29.